The number of hydrogen-bond donors (Lipinski definition) is 1. The van der Waals surface area contributed by atoms with E-state index in [0.29, 0.717) is 6.10 Å². The highest BCUT2D eigenvalue weighted by atomic mass is 16.5. The number of rotatable bonds is 6. The summed E-state index contributed by atoms with van der Waals surface area (Å²) in [7, 11) is 0. The molecule has 82 valence electrons. The highest BCUT2D eigenvalue weighted by Crippen LogP contribution is 2.21. The van der Waals surface area contributed by atoms with E-state index < -0.39 is 0 Å². The van der Waals surface area contributed by atoms with Gasteiger partial charge in [-0.15, -0.1) is 0 Å². The third-order valence-corrected chi connectivity index (χ3v) is 2.72. The molecule has 15 heavy (non-hydrogen) atoms. The van der Waals surface area contributed by atoms with E-state index in [1.54, 1.807) is 0 Å². The maximum Gasteiger partial charge on any atom is 0.0594 e. The Morgan fingerprint density at radius 2 is 2.33 bits per heavy atom. The van der Waals surface area contributed by atoms with Crippen LogP contribution in [0.3, 0.4) is 0 Å². The Balaban J connectivity index is 1.51. The minimum absolute atomic E-state index is 0.543. The standard InChI is InChI=1S/C12H18N2O/c1-2-7-14-11(4-1)10-13-8-9-15-12-5-3-6-12/h1-2,4,7,12-13H,3,5-6,8-10H2. The first-order chi connectivity index (χ1) is 7.45. The first-order valence-corrected chi connectivity index (χ1v) is 5.67. The summed E-state index contributed by atoms with van der Waals surface area (Å²) < 4.78 is 5.63. The molecule has 0 radical (unpaired) electrons. The number of pyridine rings is 1. The largest absolute Gasteiger partial charge is 0.377 e. The van der Waals surface area contributed by atoms with Crippen molar-refractivity contribution < 1.29 is 4.74 Å². The van der Waals surface area contributed by atoms with Gasteiger partial charge in [-0.1, -0.05) is 6.07 Å². The molecule has 1 N–H and O–H groups in total. The summed E-state index contributed by atoms with van der Waals surface area (Å²) in [5.41, 5.74) is 1.08. The van der Waals surface area contributed by atoms with Crippen LogP contribution in [-0.4, -0.2) is 24.2 Å². The molecule has 1 aliphatic rings. The van der Waals surface area contributed by atoms with Gasteiger partial charge >= 0.3 is 0 Å². The monoisotopic (exact) mass is 206 g/mol. The number of nitrogens with one attached hydrogen (secondary N) is 1. The van der Waals surface area contributed by atoms with E-state index in [9.17, 15) is 0 Å². The average Bonchev–Trinajstić information content (AvgIpc) is 2.22. The molecule has 0 aliphatic heterocycles. The van der Waals surface area contributed by atoms with E-state index in [4.69, 9.17) is 4.74 Å². The molecule has 1 aromatic heterocycles. The molecular weight excluding hydrogens is 188 g/mol. The lowest BCUT2D eigenvalue weighted by Gasteiger charge is -2.25. The molecule has 1 aliphatic carbocycles. The van der Waals surface area contributed by atoms with E-state index in [2.05, 4.69) is 10.3 Å². The van der Waals surface area contributed by atoms with Gasteiger partial charge in [-0.25, -0.2) is 0 Å². The molecule has 0 bridgehead atoms. The lowest BCUT2D eigenvalue weighted by Crippen LogP contribution is -2.27. The van der Waals surface area contributed by atoms with Gasteiger partial charge in [0, 0.05) is 19.3 Å². The fourth-order valence-corrected chi connectivity index (χ4v) is 1.55. The molecule has 0 spiro atoms. The summed E-state index contributed by atoms with van der Waals surface area (Å²) >= 11 is 0. The Labute approximate surface area is 90.9 Å². The summed E-state index contributed by atoms with van der Waals surface area (Å²) in [6.45, 7) is 2.56. The highest BCUT2D eigenvalue weighted by molar-refractivity contribution is 5.02. The molecule has 1 fully saturated rings. The van der Waals surface area contributed by atoms with Crippen LogP contribution in [0.5, 0.6) is 0 Å². The molecule has 1 saturated carbocycles. The van der Waals surface area contributed by atoms with Crippen molar-refractivity contribution >= 4 is 0 Å². The van der Waals surface area contributed by atoms with Crippen LogP contribution < -0.4 is 5.32 Å². The molecule has 2 rings (SSSR count). The Morgan fingerprint density at radius 1 is 1.40 bits per heavy atom. The fraction of sp³-hybridized carbons (Fsp3) is 0.583. The third kappa shape index (κ3) is 3.61. The Bertz CT molecular complexity index is 272. The van der Waals surface area contributed by atoms with E-state index >= 15 is 0 Å². The van der Waals surface area contributed by atoms with Crippen LogP contribution >= 0.6 is 0 Å². The van der Waals surface area contributed by atoms with Gasteiger partial charge in [0.1, 0.15) is 0 Å². The summed E-state index contributed by atoms with van der Waals surface area (Å²) in [6, 6.07) is 5.97. The molecular formula is C12H18N2O. The van der Waals surface area contributed by atoms with Crippen molar-refractivity contribution in [3.8, 4) is 0 Å². The number of aromatic nitrogens is 1. The summed E-state index contributed by atoms with van der Waals surface area (Å²) in [5.74, 6) is 0. The maximum atomic E-state index is 5.63. The summed E-state index contributed by atoms with van der Waals surface area (Å²) in [5, 5.41) is 3.32. The fourth-order valence-electron chi connectivity index (χ4n) is 1.55. The third-order valence-electron chi connectivity index (χ3n) is 2.72. The van der Waals surface area contributed by atoms with Crippen molar-refractivity contribution in [2.24, 2.45) is 0 Å². The van der Waals surface area contributed by atoms with Crippen LogP contribution in [0.4, 0.5) is 0 Å². The van der Waals surface area contributed by atoms with Gasteiger partial charge in [0.05, 0.1) is 18.4 Å². The zero-order chi connectivity index (χ0) is 10.3. The van der Waals surface area contributed by atoms with Crippen molar-refractivity contribution in [1.82, 2.24) is 10.3 Å². The molecule has 1 heterocycles. The van der Waals surface area contributed by atoms with Gasteiger partial charge < -0.3 is 10.1 Å². The van der Waals surface area contributed by atoms with Crippen LogP contribution in [0.15, 0.2) is 24.4 Å². The lowest BCUT2D eigenvalue weighted by molar-refractivity contribution is 0.00418. The van der Waals surface area contributed by atoms with Crippen molar-refractivity contribution in [2.75, 3.05) is 13.2 Å². The molecule has 0 saturated heterocycles. The second kappa shape index (κ2) is 5.83. The van der Waals surface area contributed by atoms with Crippen LogP contribution in [0, 0.1) is 0 Å². The highest BCUT2D eigenvalue weighted by Gasteiger charge is 2.16. The average molecular weight is 206 g/mol. The summed E-state index contributed by atoms with van der Waals surface area (Å²) in [6.07, 6.45) is 6.20. The van der Waals surface area contributed by atoms with Crippen molar-refractivity contribution in [2.45, 2.75) is 31.9 Å². The van der Waals surface area contributed by atoms with Crippen molar-refractivity contribution in [3.63, 3.8) is 0 Å². The number of nitrogens with zero attached hydrogens (tertiary/aromatic N) is 1. The van der Waals surface area contributed by atoms with Crippen molar-refractivity contribution in [3.05, 3.63) is 30.1 Å². The van der Waals surface area contributed by atoms with E-state index in [-0.39, 0.29) is 0 Å². The summed E-state index contributed by atoms with van der Waals surface area (Å²) in [4.78, 5) is 4.24. The van der Waals surface area contributed by atoms with Crippen LogP contribution in [0.2, 0.25) is 0 Å². The second-order valence-corrected chi connectivity index (χ2v) is 3.92. The predicted molar refractivity (Wildman–Crippen MR) is 59.5 cm³/mol. The molecule has 0 aromatic carbocycles. The minimum atomic E-state index is 0.543. The lowest BCUT2D eigenvalue weighted by atomic mass is 9.96. The molecule has 0 atom stereocenters. The smallest absolute Gasteiger partial charge is 0.0594 e. The van der Waals surface area contributed by atoms with Crippen LogP contribution in [0.25, 0.3) is 0 Å². The molecule has 3 nitrogen and oxygen atoms in total. The van der Waals surface area contributed by atoms with Gasteiger partial charge in [-0.2, -0.15) is 0 Å². The van der Waals surface area contributed by atoms with Gasteiger partial charge in [0.25, 0.3) is 0 Å². The predicted octanol–water partition coefficient (Wildman–Crippen LogP) is 1.74. The maximum absolute atomic E-state index is 5.63. The number of ether oxygens (including phenoxy) is 1. The van der Waals surface area contributed by atoms with Gasteiger partial charge in [0.15, 0.2) is 0 Å². The van der Waals surface area contributed by atoms with Crippen molar-refractivity contribution in [1.29, 1.82) is 0 Å². The van der Waals surface area contributed by atoms with Gasteiger partial charge in [0.2, 0.25) is 0 Å². The first kappa shape index (κ1) is 10.6. The quantitative estimate of drug-likeness (QED) is 0.720. The van der Waals surface area contributed by atoms with E-state index in [1.165, 1.54) is 19.3 Å². The van der Waals surface area contributed by atoms with E-state index in [1.807, 2.05) is 24.4 Å². The zero-order valence-electron chi connectivity index (χ0n) is 8.98. The van der Waals surface area contributed by atoms with E-state index in [0.717, 1.165) is 25.4 Å². The molecule has 3 heteroatoms. The van der Waals surface area contributed by atoms with Crippen LogP contribution in [0.1, 0.15) is 25.0 Å². The van der Waals surface area contributed by atoms with Crippen LogP contribution in [-0.2, 0) is 11.3 Å². The normalized spacial score (nSPS) is 16.3. The Hall–Kier alpha value is -0.930. The molecule has 1 aromatic rings. The molecule has 0 amide bonds. The first-order valence-electron chi connectivity index (χ1n) is 5.67. The minimum Gasteiger partial charge on any atom is -0.377 e. The Kier molecular flexibility index (Phi) is 4.11. The molecule has 0 unspecified atom stereocenters. The van der Waals surface area contributed by atoms with Gasteiger partial charge in [-0.3, -0.25) is 4.98 Å². The SMILES string of the molecule is c1ccc(CNCCOC2CCC2)nc1. The number of hydrogen-bond acceptors (Lipinski definition) is 3. The van der Waals surface area contributed by atoms with Gasteiger partial charge in [-0.05, 0) is 31.4 Å². The topological polar surface area (TPSA) is 34.1 Å². The zero-order valence-corrected chi connectivity index (χ0v) is 8.98. The second-order valence-electron chi connectivity index (χ2n) is 3.92. The Morgan fingerprint density at radius 3 is 3.00 bits per heavy atom.